The first-order valence-corrected chi connectivity index (χ1v) is 11.2. The fraction of sp³-hybridized carbons (Fsp3) is 0.316. The number of thiophene rings is 1. The van der Waals surface area contributed by atoms with E-state index in [1.165, 1.54) is 11.8 Å². The number of amides is 1. The van der Waals surface area contributed by atoms with Crippen molar-refractivity contribution in [3.63, 3.8) is 0 Å². The first kappa shape index (κ1) is 19.4. The Kier molecular flexibility index (Phi) is 6.31. The summed E-state index contributed by atoms with van der Waals surface area (Å²) in [5.41, 5.74) is 0. The van der Waals surface area contributed by atoms with Crippen LogP contribution in [0, 0.1) is 0 Å². The van der Waals surface area contributed by atoms with Crippen molar-refractivity contribution in [2.75, 3.05) is 31.9 Å². The number of rotatable bonds is 6. The Hall–Kier alpha value is -1.87. The van der Waals surface area contributed by atoms with Crippen molar-refractivity contribution in [1.29, 1.82) is 0 Å². The van der Waals surface area contributed by atoms with Gasteiger partial charge in [-0.3, -0.25) is 9.69 Å². The largest absolute Gasteiger partial charge is 0.339 e. The summed E-state index contributed by atoms with van der Waals surface area (Å²) in [6.45, 7) is 3.59. The quantitative estimate of drug-likeness (QED) is 0.548. The minimum Gasteiger partial charge on any atom is -0.339 e. The SMILES string of the molecule is O=C(CSc1ccccc1Cl)N1CCN(Cc2nc(-c3cccs3)no2)CC1. The van der Waals surface area contributed by atoms with E-state index in [0.717, 1.165) is 22.9 Å². The van der Waals surface area contributed by atoms with Crippen LogP contribution in [-0.2, 0) is 11.3 Å². The number of halogens is 1. The maximum absolute atomic E-state index is 12.5. The molecule has 1 saturated heterocycles. The van der Waals surface area contributed by atoms with E-state index in [1.54, 1.807) is 11.3 Å². The number of aromatic nitrogens is 2. The van der Waals surface area contributed by atoms with Crippen molar-refractivity contribution >= 4 is 40.6 Å². The Bertz CT molecular complexity index is 924. The molecule has 0 radical (unpaired) electrons. The molecule has 1 amide bonds. The lowest BCUT2D eigenvalue weighted by Crippen LogP contribution is -2.48. The fourth-order valence-corrected chi connectivity index (χ4v) is 4.76. The third kappa shape index (κ3) is 4.75. The van der Waals surface area contributed by atoms with Crippen LogP contribution in [0.1, 0.15) is 5.89 Å². The molecule has 28 heavy (non-hydrogen) atoms. The van der Waals surface area contributed by atoms with Crippen molar-refractivity contribution in [2.45, 2.75) is 11.4 Å². The minimum absolute atomic E-state index is 0.141. The lowest BCUT2D eigenvalue weighted by atomic mass is 10.3. The van der Waals surface area contributed by atoms with Crippen molar-refractivity contribution < 1.29 is 9.32 Å². The molecule has 1 aromatic carbocycles. The highest BCUT2D eigenvalue weighted by Gasteiger charge is 2.23. The third-order valence-corrected chi connectivity index (χ3v) is 6.85. The van der Waals surface area contributed by atoms with Crippen LogP contribution < -0.4 is 0 Å². The highest BCUT2D eigenvalue weighted by Crippen LogP contribution is 2.27. The summed E-state index contributed by atoms with van der Waals surface area (Å²) in [7, 11) is 0. The molecule has 3 aromatic rings. The maximum atomic E-state index is 12.5. The van der Waals surface area contributed by atoms with E-state index < -0.39 is 0 Å². The molecule has 0 spiro atoms. The highest BCUT2D eigenvalue weighted by molar-refractivity contribution is 8.00. The number of carbonyl (C=O) groups excluding carboxylic acids is 1. The first-order valence-electron chi connectivity index (χ1n) is 8.93. The van der Waals surface area contributed by atoms with E-state index in [4.69, 9.17) is 16.1 Å². The van der Waals surface area contributed by atoms with Gasteiger partial charge in [-0.05, 0) is 23.6 Å². The second kappa shape index (κ2) is 9.09. The summed E-state index contributed by atoms with van der Waals surface area (Å²) in [4.78, 5) is 23.0. The molecule has 0 N–H and O–H groups in total. The molecule has 0 aliphatic carbocycles. The van der Waals surface area contributed by atoms with Gasteiger partial charge in [0.05, 0.1) is 22.2 Å². The molecule has 0 unspecified atom stereocenters. The monoisotopic (exact) mass is 434 g/mol. The number of hydrogen-bond donors (Lipinski definition) is 0. The average molecular weight is 435 g/mol. The molecule has 1 aliphatic rings. The van der Waals surface area contributed by atoms with Crippen LogP contribution in [-0.4, -0.2) is 57.8 Å². The predicted molar refractivity (Wildman–Crippen MR) is 112 cm³/mol. The number of benzene rings is 1. The maximum Gasteiger partial charge on any atom is 0.241 e. The molecule has 1 fully saturated rings. The van der Waals surface area contributed by atoms with E-state index in [1.807, 2.05) is 46.7 Å². The summed E-state index contributed by atoms with van der Waals surface area (Å²) in [5, 5.41) is 6.73. The third-order valence-electron chi connectivity index (χ3n) is 4.48. The first-order chi connectivity index (χ1) is 13.7. The van der Waals surface area contributed by atoms with Crippen LogP contribution in [0.5, 0.6) is 0 Å². The van der Waals surface area contributed by atoms with Gasteiger partial charge < -0.3 is 9.42 Å². The van der Waals surface area contributed by atoms with Crippen molar-refractivity contribution in [2.24, 2.45) is 0 Å². The number of piperazine rings is 1. The molecule has 0 bridgehead atoms. The fourth-order valence-electron chi connectivity index (χ4n) is 2.96. The normalized spacial score (nSPS) is 15.1. The minimum atomic E-state index is 0.141. The molecule has 1 aliphatic heterocycles. The van der Waals surface area contributed by atoms with Gasteiger partial charge in [0.25, 0.3) is 0 Å². The van der Waals surface area contributed by atoms with Gasteiger partial charge in [-0.1, -0.05) is 35.0 Å². The molecule has 9 heteroatoms. The summed E-state index contributed by atoms with van der Waals surface area (Å²) >= 11 is 9.23. The van der Waals surface area contributed by atoms with E-state index >= 15 is 0 Å². The second-order valence-electron chi connectivity index (χ2n) is 6.37. The van der Waals surface area contributed by atoms with E-state index in [9.17, 15) is 4.79 Å². The molecule has 0 saturated carbocycles. The van der Waals surface area contributed by atoms with Crippen LogP contribution in [0.3, 0.4) is 0 Å². The van der Waals surface area contributed by atoms with Crippen LogP contribution in [0.2, 0.25) is 5.02 Å². The van der Waals surface area contributed by atoms with Gasteiger partial charge in [-0.15, -0.1) is 23.1 Å². The van der Waals surface area contributed by atoms with Crippen molar-refractivity contribution in [3.05, 3.63) is 52.7 Å². The topological polar surface area (TPSA) is 62.5 Å². The Labute approximate surface area is 176 Å². The molecule has 146 valence electrons. The van der Waals surface area contributed by atoms with Crippen LogP contribution in [0.15, 0.2) is 51.2 Å². The summed E-state index contributed by atoms with van der Waals surface area (Å²) < 4.78 is 5.37. The smallest absolute Gasteiger partial charge is 0.241 e. The van der Waals surface area contributed by atoms with Gasteiger partial charge >= 0.3 is 0 Å². The molecule has 2 aromatic heterocycles. The number of thioether (sulfide) groups is 1. The van der Waals surface area contributed by atoms with E-state index in [2.05, 4.69) is 15.0 Å². The van der Waals surface area contributed by atoms with Gasteiger partial charge in [-0.25, -0.2) is 0 Å². The van der Waals surface area contributed by atoms with Crippen LogP contribution in [0.4, 0.5) is 0 Å². The number of hydrogen-bond acceptors (Lipinski definition) is 7. The Balaban J connectivity index is 1.24. The molecule has 6 nitrogen and oxygen atoms in total. The zero-order valence-electron chi connectivity index (χ0n) is 15.1. The van der Waals surface area contributed by atoms with Crippen LogP contribution >= 0.6 is 34.7 Å². The zero-order chi connectivity index (χ0) is 19.3. The Morgan fingerprint density at radius 3 is 2.75 bits per heavy atom. The zero-order valence-corrected chi connectivity index (χ0v) is 17.5. The Morgan fingerprint density at radius 2 is 2.00 bits per heavy atom. The van der Waals surface area contributed by atoms with Crippen molar-refractivity contribution in [3.8, 4) is 10.7 Å². The summed E-state index contributed by atoms with van der Waals surface area (Å²) in [6, 6.07) is 11.5. The summed E-state index contributed by atoms with van der Waals surface area (Å²) in [6.07, 6.45) is 0. The Morgan fingerprint density at radius 1 is 1.18 bits per heavy atom. The second-order valence-corrected chi connectivity index (χ2v) is 8.74. The average Bonchev–Trinajstić information content (AvgIpc) is 3.39. The van der Waals surface area contributed by atoms with Gasteiger partial charge in [0.1, 0.15) is 0 Å². The van der Waals surface area contributed by atoms with E-state index in [-0.39, 0.29) is 5.91 Å². The number of carbonyl (C=O) groups is 1. The van der Waals surface area contributed by atoms with Gasteiger partial charge in [-0.2, -0.15) is 4.98 Å². The van der Waals surface area contributed by atoms with Gasteiger partial charge in [0, 0.05) is 31.1 Å². The molecule has 4 rings (SSSR count). The molecular weight excluding hydrogens is 416 g/mol. The lowest BCUT2D eigenvalue weighted by molar-refractivity contribution is -0.130. The summed E-state index contributed by atoms with van der Waals surface area (Å²) in [5.74, 6) is 1.78. The highest BCUT2D eigenvalue weighted by atomic mass is 35.5. The van der Waals surface area contributed by atoms with Gasteiger partial charge in [0.2, 0.25) is 17.6 Å². The van der Waals surface area contributed by atoms with Gasteiger partial charge in [0.15, 0.2) is 0 Å². The van der Waals surface area contributed by atoms with E-state index in [0.29, 0.717) is 42.1 Å². The molecular formula is C19H19ClN4O2S2. The molecule has 3 heterocycles. The van der Waals surface area contributed by atoms with Crippen molar-refractivity contribution in [1.82, 2.24) is 19.9 Å². The predicted octanol–water partition coefficient (Wildman–Crippen LogP) is 3.89. The standard InChI is InChI=1S/C19H19ClN4O2S2/c20-14-4-1-2-5-15(14)28-13-18(25)24-9-7-23(8-10-24)12-17-21-19(22-26-17)16-6-3-11-27-16/h1-6,11H,7-10,12-13H2. The number of nitrogens with zero attached hydrogens (tertiary/aromatic N) is 4. The lowest BCUT2D eigenvalue weighted by Gasteiger charge is -2.33. The van der Waals surface area contributed by atoms with Crippen LogP contribution in [0.25, 0.3) is 10.7 Å². The molecule has 0 atom stereocenters.